The SMILES string of the molecule is CC[C@H]1OC(c2cnc3c(N)ncnn23)[C@H](OCc2ccccc2)[C@@H]1C. The van der Waals surface area contributed by atoms with E-state index in [0.29, 0.717) is 18.1 Å². The molecule has 1 saturated heterocycles. The van der Waals surface area contributed by atoms with Gasteiger partial charge in [0.1, 0.15) is 12.4 Å². The molecule has 1 fully saturated rings. The Bertz CT molecular complexity index is 882. The Kier molecular flexibility index (Phi) is 4.57. The molecule has 0 radical (unpaired) electrons. The van der Waals surface area contributed by atoms with Crippen LogP contribution < -0.4 is 5.73 Å². The third kappa shape index (κ3) is 2.93. The van der Waals surface area contributed by atoms with Gasteiger partial charge in [0.2, 0.25) is 0 Å². The van der Waals surface area contributed by atoms with Crippen molar-refractivity contribution in [1.82, 2.24) is 19.6 Å². The molecule has 3 aromatic rings. The molecular weight excluding hydrogens is 330 g/mol. The Morgan fingerprint density at radius 1 is 1.23 bits per heavy atom. The van der Waals surface area contributed by atoms with E-state index in [1.807, 2.05) is 18.2 Å². The molecule has 1 aliphatic rings. The lowest BCUT2D eigenvalue weighted by Gasteiger charge is -2.21. The zero-order valence-corrected chi connectivity index (χ0v) is 14.9. The Labute approximate surface area is 152 Å². The highest BCUT2D eigenvalue weighted by atomic mass is 16.6. The first-order valence-electron chi connectivity index (χ1n) is 8.94. The molecule has 0 amide bonds. The molecular formula is C19H23N5O2. The van der Waals surface area contributed by atoms with Crippen molar-refractivity contribution in [2.45, 2.75) is 45.2 Å². The first-order chi connectivity index (χ1) is 12.7. The number of hydrogen-bond donors (Lipinski definition) is 1. The molecule has 4 atom stereocenters. The zero-order chi connectivity index (χ0) is 18.1. The minimum atomic E-state index is -0.247. The number of nitrogens with two attached hydrogens (primary N) is 1. The largest absolute Gasteiger partial charge is 0.381 e. The predicted octanol–water partition coefficient (Wildman–Crippen LogP) is 2.78. The average Bonchev–Trinajstić information content (AvgIpc) is 3.23. The van der Waals surface area contributed by atoms with Crippen molar-refractivity contribution in [3.8, 4) is 0 Å². The van der Waals surface area contributed by atoms with Gasteiger partial charge in [0.15, 0.2) is 11.5 Å². The fourth-order valence-corrected chi connectivity index (χ4v) is 3.64. The number of benzene rings is 1. The Hall–Kier alpha value is -2.51. The molecule has 2 aromatic heterocycles. The quantitative estimate of drug-likeness (QED) is 0.759. The molecule has 7 nitrogen and oxygen atoms in total. The van der Waals surface area contributed by atoms with Gasteiger partial charge in [-0.1, -0.05) is 44.2 Å². The van der Waals surface area contributed by atoms with Gasteiger partial charge in [-0.15, -0.1) is 0 Å². The van der Waals surface area contributed by atoms with Crippen molar-refractivity contribution in [3.05, 3.63) is 54.1 Å². The number of ether oxygens (including phenoxy) is 2. The first kappa shape index (κ1) is 16.9. The van der Waals surface area contributed by atoms with E-state index < -0.39 is 0 Å². The third-order valence-corrected chi connectivity index (χ3v) is 5.06. The summed E-state index contributed by atoms with van der Waals surface area (Å²) in [5.74, 6) is 0.615. The summed E-state index contributed by atoms with van der Waals surface area (Å²) in [6.45, 7) is 4.85. The lowest BCUT2D eigenvalue weighted by atomic mass is 9.95. The Morgan fingerprint density at radius 3 is 2.81 bits per heavy atom. The van der Waals surface area contributed by atoms with Crippen LogP contribution >= 0.6 is 0 Å². The topological polar surface area (TPSA) is 87.6 Å². The highest BCUT2D eigenvalue weighted by Crippen LogP contribution is 2.40. The number of nitrogens with zero attached hydrogens (tertiary/aromatic N) is 4. The molecule has 1 unspecified atom stereocenters. The summed E-state index contributed by atoms with van der Waals surface area (Å²) in [5.41, 5.74) is 8.44. The summed E-state index contributed by atoms with van der Waals surface area (Å²) in [6, 6.07) is 10.2. The first-order valence-corrected chi connectivity index (χ1v) is 8.94. The van der Waals surface area contributed by atoms with Crippen LogP contribution in [0.4, 0.5) is 5.82 Å². The summed E-state index contributed by atoms with van der Waals surface area (Å²) < 4.78 is 14.3. The molecule has 0 aliphatic carbocycles. The van der Waals surface area contributed by atoms with Gasteiger partial charge in [-0.05, 0) is 12.0 Å². The number of anilines is 1. The molecule has 7 heteroatoms. The maximum atomic E-state index is 6.33. The van der Waals surface area contributed by atoms with E-state index in [-0.39, 0.29) is 24.2 Å². The van der Waals surface area contributed by atoms with E-state index >= 15 is 0 Å². The average molecular weight is 353 g/mol. The minimum Gasteiger partial charge on any atom is -0.381 e. The molecule has 0 spiro atoms. The molecule has 1 aliphatic heterocycles. The van der Waals surface area contributed by atoms with E-state index in [1.54, 1.807) is 10.7 Å². The summed E-state index contributed by atoms with van der Waals surface area (Å²) in [6.07, 6.45) is 3.92. The van der Waals surface area contributed by atoms with E-state index in [1.165, 1.54) is 6.33 Å². The van der Waals surface area contributed by atoms with Crippen LogP contribution in [0, 0.1) is 5.92 Å². The third-order valence-electron chi connectivity index (χ3n) is 5.06. The van der Waals surface area contributed by atoms with Crippen LogP contribution in [0.5, 0.6) is 0 Å². The second kappa shape index (κ2) is 7.01. The fraction of sp³-hybridized carbons (Fsp3) is 0.421. The number of imidazole rings is 1. The predicted molar refractivity (Wildman–Crippen MR) is 97.3 cm³/mol. The highest BCUT2D eigenvalue weighted by molar-refractivity contribution is 5.58. The van der Waals surface area contributed by atoms with Crippen molar-refractivity contribution < 1.29 is 9.47 Å². The highest BCUT2D eigenvalue weighted by Gasteiger charge is 2.44. The molecule has 0 saturated carbocycles. The van der Waals surface area contributed by atoms with Crippen molar-refractivity contribution in [2.75, 3.05) is 5.73 Å². The Balaban J connectivity index is 1.64. The number of aromatic nitrogens is 4. The number of rotatable bonds is 5. The van der Waals surface area contributed by atoms with Crippen LogP contribution in [0.3, 0.4) is 0 Å². The molecule has 3 heterocycles. The summed E-state index contributed by atoms with van der Waals surface area (Å²) >= 11 is 0. The van der Waals surface area contributed by atoms with Crippen molar-refractivity contribution in [2.24, 2.45) is 5.92 Å². The minimum absolute atomic E-state index is 0.0868. The standard InChI is InChI=1S/C19H23N5O2/c1-3-15-12(2)16(25-10-13-7-5-4-6-8-13)17(26-15)14-9-21-19-18(20)22-11-23-24(14)19/h4-9,11-12,15-17H,3,10H2,1-2H3,(H2,20,22,23)/t12-,15-,16-,17?/m1/s1. The van der Waals surface area contributed by atoms with Gasteiger partial charge in [0, 0.05) is 5.92 Å². The zero-order valence-electron chi connectivity index (χ0n) is 14.9. The lowest BCUT2D eigenvalue weighted by Crippen LogP contribution is -2.26. The van der Waals surface area contributed by atoms with Crippen molar-refractivity contribution >= 4 is 11.5 Å². The van der Waals surface area contributed by atoms with Crippen LogP contribution in [0.25, 0.3) is 5.65 Å². The van der Waals surface area contributed by atoms with Crippen LogP contribution in [0.15, 0.2) is 42.9 Å². The Morgan fingerprint density at radius 2 is 2.04 bits per heavy atom. The van der Waals surface area contributed by atoms with E-state index in [4.69, 9.17) is 15.2 Å². The number of hydrogen-bond acceptors (Lipinski definition) is 6. The van der Waals surface area contributed by atoms with Gasteiger partial charge in [-0.2, -0.15) is 5.10 Å². The van der Waals surface area contributed by atoms with Gasteiger partial charge in [0.25, 0.3) is 0 Å². The fourth-order valence-electron chi connectivity index (χ4n) is 3.64. The summed E-state index contributed by atoms with van der Waals surface area (Å²) in [4.78, 5) is 8.37. The summed E-state index contributed by atoms with van der Waals surface area (Å²) in [7, 11) is 0. The van der Waals surface area contributed by atoms with Crippen LogP contribution in [-0.2, 0) is 16.1 Å². The van der Waals surface area contributed by atoms with Crippen molar-refractivity contribution in [3.63, 3.8) is 0 Å². The molecule has 2 N–H and O–H groups in total. The second-order valence-corrected chi connectivity index (χ2v) is 6.69. The van der Waals surface area contributed by atoms with Gasteiger partial charge in [0.05, 0.1) is 30.7 Å². The smallest absolute Gasteiger partial charge is 0.196 e. The second-order valence-electron chi connectivity index (χ2n) is 6.69. The van der Waals surface area contributed by atoms with Gasteiger partial charge >= 0.3 is 0 Å². The molecule has 26 heavy (non-hydrogen) atoms. The van der Waals surface area contributed by atoms with Gasteiger partial charge < -0.3 is 15.2 Å². The van der Waals surface area contributed by atoms with Crippen LogP contribution in [0.2, 0.25) is 0 Å². The molecule has 4 rings (SSSR count). The van der Waals surface area contributed by atoms with Crippen molar-refractivity contribution in [1.29, 1.82) is 0 Å². The normalized spacial score (nSPS) is 25.8. The number of nitrogen functional groups attached to an aromatic ring is 1. The maximum absolute atomic E-state index is 6.33. The molecule has 136 valence electrons. The van der Waals surface area contributed by atoms with E-state index in [9.17, 15) is 0 Å². The van der Waals surface area contributed by atoms with Crippen LogP contribution in [0.1, 0.15) is 37.6 Å². The number of fused-ring (bicyclic) bond motifs is 1. The monoisotopic (exact) mass is 353 g/mol. The van der Waals surface area contributed by atoms with Gasteiger partial charge in [-0.3, -0.25) is 0 Å². The lowest BCUT2D eigenvalue weighted by molar-refractivity contribution is -0.0362. The van der Waals surface area contributed by atoms with Gasteiger partial charge in [-0.25, -0.2) is 14.5 Å². The molecule has 1 aromatic carbocycles. The molecule has 0 bridgehead atoms. The van der Waals surface area contributed by atoms with Crippen LogP contribution in [-0.4, -0.2) is 31.8 Å². The van der Waals surface area contributed by atoms with E-state index in [0.717, 1.165) is 17.7 Å². The maximum Gasteiger partial charge on any atom is 0.196 e. The summed E-state index contributed by atoms with van der Waals surface area (Å²) in [5, 5.41) is 4.30. The van der Waals surface area contributed by atoms with E-state index in [2.05, 4.69) is 41.0 Å².